The van der Waals surface area contributed by atoms with Crippen molar-refractivity contribution in [2.24, 2.45) is 0 Å². The molecule has 3 aromatic rings. The van der Waals surface area contributed by atoms with Gasteiger partial charge in [-0.2, -0.15) is 17.6 Å². The molecule has 192 valence electrons. The molecule has 0 saturated carbocycles. The van der Waals surface area contributed by atoms with Gasteiger partial charge < -0.3 is 20.1 Å². The molecule has 2 unspecified atom stereocenters. The standard InChI is InChI=1S/C25H26F4N4O3/c1-15-13-33-19(14-32-15)18(10-11-31-22(23(34)30-2)16-6-4-3-5-7-16)17-8-9-20(35-24(26)27)21(12-17)36-25(28)29/h3-9,12-14,18,22,24-25,31H,10-11H2,1-2H3,(H,30,34). The summed E-state index contributed by atoms with van der Waals surface area (Å²) < 4.78 is 60.2. The normalized spacial score (nSPS) is 12.9. The number of nitrogens with one attached hydrogen (secondary N) is 2. The van der Waals surface area contributed by atoms with Gasteiger partial charge in [-0.3, -0.25) is 14.8 Å². The van der Waals surface area contributed by atoms with Gasteiger partial charge in [0.15, 0.2) is 11.5 Å². The summed E-state index contributed by atoms with van der Waals surface area (Å²) >= 11 is 0. The smallest absolute Gasteiger partial charge is 0.387 e. The molecule has 0 bridgehead atoms. The van der Waals surface area contributed by atoms with Crippen LogP contribution in [0, 0.1) is 6.92 Å². The van der Waals surface area contributed by atoms with Crippen molar-refractivity contribution in [2.45, 2.75) is 38.5 Å². The van der Waals surface area contributed by atoms with Gasteiger partial charge in [0, 0.05) is 25.4 Å². The minimum atomic E-state index is -3.24. The fraction of sp³-hybridized carbons (Fsp3) is 0.320. The van der Waals surface area contributed by atoms with E-state index in [4.69, 9.17) is 0 Å². The minimum Gasteiger partial charge on any atom is -0.431 e. The number of carbonyl (C=O) groups is 1. The number of likely N-dealkylation sites (N-methyl/N-ethyl adjacent to an activating group) is 1. The van der Waals surface area contributed by atoms with E-state index in [1.807, 2.05) is 30.3 Å². The van der Waals surface area contributed by atoms with Crippen molar-refractivity contribution < 1.29 is 31.8 Å². The second kappa shape index (κ2) is 12.8. The zero-order chi connectivity index (χ0) is 26.1. The number of hydrogen-bond donors (Lipinski definition) is 2. The van der Waals surface area contributed by atoms with Crippen molar-refractivity contribution >= 4 is 5.91 Å². The topological polar surface area (TPSA) is 85.4 Å². The Morgan fingerprint density at radius 2 is 1.61 bits per heavy atom. The molecule has 3 rings (SSSR count). The summed E-state index contributed by atoms with van der Waals surface area (Å²) in [7, 11) is 1.54. The van der Waals surface area contributed by atoms with Gasteiger partial charge in [-0.25, -0.2) is 0 Å². The van der Waals surface area contributed by atoms with Crippen LogP contribution in [0.2, 0.25) is 0 Å². The van der Waals surface area contributed by atoms with Gasteiger partial charge in [0.25, 0.3) is 0 Å². The van der Waals surface area contributed by atoms with Crippen molar-refractivity contribution in [3.63, 3.8) is 0 Å². The number of aryl methyl sites for hydroxylation is 1. The van der Waals surface area contributed by atoms with Crippen LogP contribution in [-0.2, 0) is 4.79 Å². The quantitative estimate of drug-likeness (QED) is 0.350. The number of amides is 1. The van der Waals surface area contributed by atoms with Gasteiger partial charge in [-0.15, -0.1) is 0 Å². The van der Waals surface area contributed by atoms with Crippen molar-refractivity contribution in [1.82, 2.24) is 20.6 Å². The Balaban J connectivity index is 1.89. The first-order valence-electron chi connectivity index (χ1n) is 11.1. The summed E-state index contributed by atoms with van der Waals surface area (Å²) in [5.74, 6) is -1.74. The molecule has 7 nitrogen and oxygen atoms in total. The summed E-state index contributed by atoms with van der Waals surface area (Å²) in [6.45, 7) is -4.35. The maximum absolute atomic E-state index is 13.0. The Hall–Kier alpha value is -3.73. The molecule has 2 aromatic carbocycles. The van der Waals surface area contributed by atoms with E-state index in [2.05, 4.69) is 30.1 Å². The number of halogens is 4. The molecule has 0 aliphatic rings. The molecule has 0 spiro atoms. The molecule has 1 heterocycles. The van der Waals surface area contributed by atoms with E-state index in [-0.39, 0.29) is 5.91 Å². The molecule has 0 radical (unpaired) electrons. The minimum absolute atomic E-state index is 0.228. The summed E-state index contributed by atoms with van der Waals surface area (Å²) in [5.41, 5.74) is 2.46. The molecule has 0 aliphatic carbocycles. The van der Waals surface area contributed by atoms with E-state index in [1.165, 1.54) is 19.2 Å². The molecule has 0 fully saturated rings. The van der Waals surface area contributed by atoms with Gasteiger partial charge in [-0.1, -0.05) is 36.4 Å². The molecule has 1 aromatic heterocycles. The molecular weight excluding hydrogens is 480 g/mol. The third kappa shape index (κ3) is 7.38. The van der Waals surface area contributed by atoms with Crippen LogP contribution in [0.25, 0.3) is 0 Å². The number of hydrogen-bond acceptors (Lipinski definition) is 6. The third-order valence-corrected chi connectivity index (χ3v) is 5.38. The fourth-order valence-corrected chi connectivity index (χ4v) is 3.71. The molecule has 11 heteroatoms. The molecule has 0 saturated heterocycles. The Morgan fingerprint density at radius 3 is 2.22 bits per heavy atom. The van der Waals surface area contributed by atoms with E-state index in [0.29, 0.717) is 29.9 Å². The molecule has 1 amide bonds. The molecule has 2 N–H and O–H groups in total. The molecule has 2 atom stereocenters. The first-order valence-corrected chi connectivity index (χ1v) is 11.1. The number of alkyl halides is 4. The van der Waals surface area contributed by atoms with Crippen molar-refractivity contribution in [2.75, 3.05) is 13.6 Å². The van der Waals surface area contributed by atoms with Gasteiger partial charge in [-0.05, 0) is 43.1 Å². The highest BCUT2D eigenvalue weighted by atomic mass is 19.3. The molecule has 0 aliphatic heterocycles. The highest BCUT2D eigenvalue weighted by molar-refractivity contribution is 5.82. The van der Waals surface area contributed by atoms with Crippen LogP contribution >= 0.6 is 0 Å². The first kappa shape index (κ1) is 26.9. The van der Waals surface area contributed by atoms with E-state index in [0.717, 1.165) is 11.6 Å². The van der Waals surface area contributed by atoms with Crippen LogP contribution in [0.3, 0.4) is 0 Å². The van der Waals surface area contributed by atoms with Crippen molar-refractivity contribution in [3.8, 4) is 11.5 Å². The second-order valence-corrected chi connectivity index (χ2v) is 7.80. The predicted molar refractivity (Wildman–Crippen MR) is 124 cm³/mol. The number of rotatable bonds is 12. The number of nitrogens with zero attached hydrogens (tertiary/aromatic N) is 2. The third-order valence-electron chi connectivity index (χ3n) is 5.38. The Labute approximate surface area is 205 Å². The van der Waals surface area contributed by atoms with Crippen LogP contribution in [0.15, 0.2) is 60.9 Å². The van der Waals surface area contributed by atoms with Crippen LogP contribution in [0.5, 0.6) is 11.5 Å². The number of aromatic nitrogens is 2. The van der Waals surface area contributed by atoms with Crippen molar-refractivity contribution in [3.05, 3.63) is 83.4 Å². The SMILES string of the molecule is CNC(=O)C(NCCC(c1ccc(OC(F)F)c(OC(F)F)c1)c1cnc(C)cn1)c1ccccc1. The van der Waals surface area contributed by atoms with Crippen LogP contribution < -0.4 is 20.1 Å². The summed E-state index contributed by atoms with van der Waals surface area (Å²) in [4.78, 5) is 21.2. The maximum atomic E-state index is 13.0. The van der Waals surface area contributed by atoms with E-state index in [9.17, 15) is 22.4 Å². The van der Waals surface area contributed by atoms with E-state index in [1.54, 1.807) is 19.3 Å². The Morgan fingerprint density at radius 1 is 0.917 bits per heavy atom. The molecular formula is C25H26F4N4O3. The first-order chi connectivity index (χ1) is 17.3. The van der Waals surface area contributed by atoms with Gasteiger partial charge >= 0.3 is 13.2 Å². The summed E-state index contributed by atoms with van der Waals surface area (Å²) in [6.07, 6.45) is 3.50. The second-order valence-electron chi connectivity index (χ2n) is 7.80. The van der Waals surface area contributed by atoms with Gasteiger partial charge in [0.05, 0.1) is 11.4 Å². The lowest BCUT2D eigenvalue weighted by Crippen LogP contribution is -2.36. The lowest BCUT2D eigenvalue weighted by atomic mass is 9.92. The lowest BCUT2D eigenvalue weighted by molar-refractivity contribution is -0.122. The largest absolute Gasteiger partial charge is 0.431 e. The number of benzene rings is 2. The van der Waals surface area contributed by atoms with Crippen LogP contribution in [0.1, 0.15) is 40.9 Å². The van der Waals surface area contributed by atoms with Gasteiger partial charge in [0.1, 0.15) is 6.04 Å². The average molecular weight is 507 g/mol. The summed E-state index contributed by atoms with van der Waals surface area (Å²) in [6, 6.07) is 12.4. The Bertz CT molecular complexity index is 1120. The fourth-order valence-electron chi connectivity index (χ4n) is 3.71. The van der Waals surface area contributed by atoms with E-state index < -0.39 is 36.7 Å². The highest BCUT2D eigenvalue weighted by Crippen LogP contribution is 2.36. The summed E-state index contributed by atoms with van der Waals surface area (Å²) in [5, 5.41) is 5.85. The zero-order valence-corrected chi connectivity index (χ0v) is 19.6. The molecule has 36 heavy (non-hydrogen) atoms. The predicted octanol–water partition coefficient (Wildman–Crippen LogP) is 4.59. The number of ether oxygens (including phenoxy) is 2. The zero-order valence-electron chi connectivity index (χ0n) is 19.6. The monoisotopic (exact) mass is 506 g/mol. The lowest BCUT2D eigenvalue weighted by Gasteiger charge is -2.22. The van der Waals surface area contributed by atoms with E-state index >= 15 is 0 Å². The van der Waals surface area contributed by atoms with Crippen molar-refractivity contribution in [1.29, 1.82) is 0 Å². The maximum Gasteiger partial charge on any atom is 0.387 e. The van der Waals surface area contributed by atoms with Crippen LogP contribution in [0.4, 0.5) is 17.6 Å². The van der Waals surface area contributed by atoms with Gasteiger partial charge in [0.2, 0.25) is 5.91 Å². The van der Waals surface area contributed by atoms with Crippen LogP contribution in [-0.4, -0.2) is 42.7 Å². The average Bonchev–Trinajstić information content (AvgIpc) is 2.85. The Kier molecular flexibility index (Phi) is 9.57. The highest BCUT2D eigenvalue weighted by Gasteiger charge is 2.23. The number of carbonyl (C=O) groups excluding carboxylic acids is 1.